The summed E-state index contributed by atoms with van der Waals surface area (Å²) in [5.41, 5.74) is -0.130. The minimum Gasteiger partial charge on any atom is -0.480 e. The molecular formula is C13H18N4O4. The van der Waals surface area contributed by atoms with Crippen LogP contribution in [-0.4, -0.2) is 58.3 Å². The molecule has 1 amide bonds. The van der Waals surface area contributed by atoms with Crippen molar-refractivity contribution >= 4 is 11.9 Å². The topological polar surface area (TPSA) is 115 Å². The molecule has 114 valence electrons. The van der Waals surface area contributed by atoms with Gasteiger partial charge in [-0.25, -0.2) is 5.10 Å². The van der Waals surface area contributed by atoms with Crippen LogP contribution in [0.1, 0.15) is 23.3 Å². The summed E-state index contributed by atoms with van der Waals surface area (Å²) in [4.78, 5) is 35.4. The zero-order chi connectivity index (χ0) is 15.2. The lowest BCUT2D eigenvalue weighted by molar-refractivity contribution is -0.136. The predicted octanol–water partition coefficient (Wildman–Crippen LogP) is -0.704. The Morgan fingerprint density at radius 2 is 2.29 bits per heavy atom. The number of hydrogen-bond acceptors (Lipinski definition) is 5. The number of aliphatic carboxylic acids is 1. The van der Waals surface area contributed by atoms with Crippen LogP contribution in [-0.2, 0) is 4.79 Å². The van der Waals surface area contributed by atoms with E-state index < -0.39 is 5.97 Å². The first-order valence-corrected chi connectivity index (χ1v) is 6.84. The molecule has 0 saturated carbocycles. The normalized spacial score (nSPS) is 18.5. The number of carboxylic acid groups (broad SMARTS) is 1. The molecule has 8 heteroatoms. The van der Waals surface area contributed by atoms with E-state index in [2.05, 4.69) is 15.5 Å². The van der Waals surface area contributed by atoms with Crippen LogP contribution in [0.5, 0.6) is 0 Å². The Balaban J connectivity index is 1.90. The van der Waals surface area contributed by atoms with Gasteiger partial charge in [0.25, 0.3) is 11.5 Å². The first-order valence-electron chi connectivity index (χ1n) is 6.84. The third-order valence-corrected chi connectivity index (χ3v) is 3.41. The molecule has 21 heavy (non-hydrogen) atoms. The predicted molar refractivity (Wildman–Crippen MR) is 74.0 cm³/mol. The summed E-state index contributed by atoms with van der Waals surface area (Å²) in [6, 6.07) is 2.68. The molecule has 1 atom stereocenters. The van der Waals surface area contributed by atoms with E-state index in [1.165, 1.54) is 12.1 Å². The van der Waals surface area contributed by atoms with Crippen LogP contribution in [0.25, 0.3) is 0 Å². The number of amides is 1. The quantitative estimate of drug-likeness (QED) is 0.661. The number of piperidine rings is 1. The Hall–Kier alpha value is -2.22. The number of likely N-dealkylation sites (tertiary alicyclic amines) is 1. The second kappa shape index (κ2) is 6.98. The molecule has 1 saturated heterocycles. The number of carboxylic acids is 1. The van der Waals surface area contributed by atoms with Crippen molar-refractivity contribution in [3.63, 3.8) is 0 Å². The lowest BCUT2D eigenvalue weighted by Gasteiger charge is -2.32. The van der Waals surface area contributed by atoms with Gasteiger partial charge in [-0.1, -0.05) is 0 Å². The highest BCUT2D eigenvalue weighted by Gasteiger charge is 2.25. The van der Waals surface area contributed by atoms with Gasteiger partial charge in [0.2, 0.25) is 0 Å². The fourth-order valence-corrected chi connectivity index (χ4v) is 2.42. The van der Waals surface area contributed by atoms with Crippen LogP contribution in [0.4, 0.5) is 0 Å². The number of aromatic nitrogens is 2. The van der Waals surface area contributed by atoms with Crippen molar-refractivity contribution in [2.45, 2.75) is 12.8 Å². The Morgan fingerprint density at radius 1 is 1.48 bits per heavy atom. The second-order valence-electron chi connectivity index (χ2n) is 5.09. The third kappa shape index (κ3) is 4.38. The molecule has 1 aromatic heterocycles. The highest BCUT2D eigenvalue weighted by molar-refractivity contribution is 5.92. The van der Waals surface area contributed by atoms with E-state index in [0.717, 1.165) is 12.8 Å². The Labute approximate surface area is 121 Å². The number of nitrogens with one attached hydrogen (secondary N) is 2. The molecule has 2 heterocycles. The number of aromatic amines is 1. The minimum atomic E-state index is -0.892. The summed E-state index contributed by atoms with van der Waals surface area (Å²) in [5.74, 6) is -0.879. The molecule has 1 fully saturated rings. The van der Waals surface area contributed by atoms with Crippen molar-refractivity contribution in [2.75, 3.05) is 26.2 Å². The van der Waals surface area contributed by atoms with Gasteiger partial charge in [0, 0.05) is 25.7 Å². The van der Waals surface area contributed by atoms with Crippen LogP contribution in [0.3, 0.4) is 0 Å². The highest BCUT2D eigenvalue weighted by Crippen LogP contribution is 2.17. The van der Waals surface area contributed by atoms with Crippen LogP contribution in [0.15, 0.2) is 16.9 Å². The molecule has 8 nitrogen and oxygen atoms in total. The summed E-state index contributed by atoms with van der Waals surface area (Å²) >= 11 is 0. The first-order chi connectivity index (χ1) is 10.1. The molecule has 0 bridgehead atoms. The average molecular weight is 294 g/mol. The van der Waals surface area contributed by atoms with Gasteiger partial charge in [0.1, 0.15) is 5.69 Å². The van der Waals surface area contributed by atoms with Crippen molar-refractivity contribution in [1.82, 2.24) is 20.4 Å². The monoisotopic (exact) mass is 294 g/mol. The molecule has 1 aromatic rings. The largest absolute Gasteiger partial charge is 0.480 e. The molecule has 0 aliphatic carbocycles. The number of carbonyl (C=O) groups is 2. The number of rotatable bonds is 5. The summed E-state index contributed by atoms with van der Waals surface area (Å²) < 4.78 is 0. The van der Waals surface area contributed by atoms with Gasteiger partial charge >= 0.3 is 5.97 Å². The van der Waals surface area contributed by atoms with Crippen molar-refractivity contribution in [3.8, 4) is 0 Å². The Kier molecular flexibility index (Phi) is 5.04. The zero-order valence-corrected chi connectivity index (χ0v) is 11.5. The fourth-order valence-electron chi connectivity index (χ4n) is 2.42. The van der Waals surface area contributed by atoms with E-state index in [1.807, 2.05) is 0 Å². The lowest BCUT2D eigenvalue weighted by atomic mass is 9.97. The smallest absolute Gasteiger partial charge is 0.317 e. The maximum absolute atomic E-state index is 12.3. The van der Waals surface area contributed by atoms with Crippen LogP contribution in [0, 0.1) is 5.92 Å². The van der Waals surface area contributed by atoms with E-state index in [-0.39, 0.29) is 29.6 Å². The number of H-pyrrole nitrogens is 1. The standard InChI is InChI=1S/C13H18N4O4/c18-11-4-3-10(15-16-11)13(21)17-5-1-2-9(8-17)6-14-7-12(19)20/h3-4,9,14H,1-2,5-8H2,(H,16,18)(H,19,20). The van der Waals surface area contributed by atoms with Gasteiger partial charge in [0.15, 0.2) is 0 Å². The van der Waals surface area contributed by atoms with Gasteiger partial charge < -0.3 is 15.3 Å². The summed E-state index contributed by atoms with van der Waals surface area (Å²) in [6.07, 6.45) is 1.82. The average Bonchev–Trinajstić information content (AvgIpc) is 2.47. The number of nitrogens with zero attached hydrogens (tertiary/aromatic N) is 2. The van der Waals surface area contributed by atoms with Gasteiger partial charge in [-0.2, -0.15) is 5.10 Å². The minimum absolute atomic E-state index is 0.0775. The van der Waals surface area contributed by atoms with Crippen LogP contribution in [0.2, 0.25) is 0 Å². The van der Waals surface area contributed by atoms with E-state index in [1.54, 1.807) is 4.90 Å². The highest BCUT2D eigenvalue weighted by atomic mass is 16.4. The van der Waals surface area contributed by atoms with Crippen molar-refractivity contribution in [1.29, 1.82) is 0 Å². The molecule has 3 N–H and O–H groups in total. The molecule has 0 spiro atoms. The summed E-state index contributed by atoms with van der Waals surface area (Å²) in [5, 5.41) is 17.4. The van der Waals surface area contributed by atoms with Crippen LogP contribution < -0.4 is 10.9 Å². The zero-order valence-electron chi connectivity index (χ0n) is 11.5. The van der Waals surface area contributed by atoms with Gasteiger partial charge in [-0.05, 0) is 24.8 Å². The van der Waals surface area contributed by atoms with Crippen molar-refractivity contribution in [3.05, 3.63) is 28.2 Å². The molecule has 1 unspecified atom stereocenters. The van der Waals surface area contributed by atoms with E-state index in [0.29, 0.717) is 19.6 Å². The number of carbonyl (C=O) groups excluding carboxylic acids is 1. The van der Waals surface area contributed by atoms with Crippen LogP contribution >= 0.6 is 0 Å². The molecule has 1 aliphatic heterocycles. The van der Waals surface area contributed by atoms with E-state index in [4.69, 9.17) is 5.11 Å². The van der Waals surface area contributed by atoms with E-state index in [9.17, 15) is 14.4 Å². The lowest BCUT2D eigenvalue weighted by Crippen LogP contribution is -2.43. The molecule has 0 radical (unpaired) electrons. The summed E-state index contributed by atoms with van der Waals surface area (Å²) in [7, 11) is 0. The molecular weight excluding hydrogens is 276 g/mol. The fraction of sp³-hybridized carbons (Fsp3) is 0.538. The van der Waals surface area contributed by atoms with Crippen molar-refractivity contribution < 1.29 is 14.7 Å². The molecule has 1 aliphatic rings. The maximum Gasteiger partial charge on any atom is 0.317 e. The summed E-state index contributed by atoms with van der Waals surface area (Å²) in [6.45, 7) is 1.70. The van der Waals surface area contributed by atoms with E-state index >= 15 is 0 Å². The van der Waals surface area contributed by atoms with Gasteiger partial charge in [-0.3, -0.25) is 14.4 Å². The molecule has 0 aromatic carbocycles. The van der Waals surface area contributed by atoms with Gasteiger partial charge in [0.05, 0.1) is 6.54 Å². The Bertz CT molecular complexity index is 551. The Morgan fingerprint density at radius 3 is 2.95 bits per heavy atom. The molecule has 2 rings (SSSR count). The van der Waals surface area contributed by atoms with Gasteiger partial charge in [-0.15, -0.1) is 0 Å². The first kappa shape index (κ1) is 15.2. The SMILES string of the molecule is O=C(O)CNCC1CCCN(C(=O)c2ccc(=O)[nH]n2)C1. The maximum atomic E-state index is 12.3. The number of hydrogen-bond donors (Lipinski definition) is 3. The third-order valence-electron chi connectivity index (χ3n) is 3.41. The van der Waals surface area contributed by atoms with Crippen molar-refractivity contribution in [2.24, 2.45) is 5.92 Å². The second-order valence-corrected chi connectivity index (χ2v) is 5.09.